The van der Waals surface area contributed by atoms with Gasteiger partial charge in [-0.1, -0.05) is 6.58 Å². The molecule has 0 spiro atoms. The lowest BCUT2D eigenvalue weighted by Crippen LogP contribution is -2.48. The second kappa shape index (κ2) is 8.56. The molecule has 1 aromatic carbocycles. The highest BCUT2D eigenvalue weighted by atomic mass is 16.6. The predicted octanol–water partition coefficient (Wildman–Crippen LogP) is 0.970. The Bertz CT molecular complexity index is 583. The van der Waals surface area contributed by atoms with E-state index in [9.17, 15) is 4.79 Å². The number of benzene rings is 1. The van der Waals surface area contributed by atoms with Crippen LogP contribution >= 0.6 is 0 Å². The van der Waals surface area contributed by atoms with Gasteiger partial charge < -0.3 is 19.3 Å². The third-order valence-corrected chi connectivity index (χ3v) is 3.98. The third kappa shape index (κ3) is 4.62. The predicted molar refractivity (Wildman–Crippen MR) is 91.7 cm³/mol. The number of nitrogens with one attached hydrogen (secondary N) is 1. The van der Waals surface area contributed by atoms with E-state index in [-0.39, 0.29) is 12.5 Å². The summed E-state index contributed by atoms with van der Waals surface area (Å²) in [6.45, 7) is 7.12. The molecular weight excluding hydrogens is 310 g/mol. The molecule has 1 N–H and O–H groups in total. The molecule has 7 nitrogen and oxygen atoms in total. The summed E-state index contributed by atoms with van der Waals surface area (Å²) in [5.74, 6) is 1.21. The highest BCUT2D eigenvalue weighted by Crippen LogP contribution is 2.29. The van der Waals surface area contributed by atoms with E-state index in [0.717, 1.165) is 31.7 Å². The van der Waals surface area contributed by atoms with Crippen LogP contribution < -0.4 is 15.0 Å². The summed E-state index contributed by atoms with van der Waals surface area (Å²) < 4.78 is 10.5. The van der Waals surface area contributed by atoms with Crippen molar-refractivity contribution in [3.63, 3.8) is 0 Å². The van der Waals surface area contributed by atoms with Gasteiger partial charge in [-0.25, -0.2) is 0 Å². The second-order valence-electron chi connectivity index (χ2n) is 5.62. The number of hydrogen-bond acceptors (Lipinski definition) is 6. The van der Waals surface area contributed by atoms with Gasteiger partial charge in [0, 0.05) is 31.7 Å². The first-order valence-electron chi connectivity index (χ1n) is 7.80. The Morgan fingerprint density at radius 1 is 1.17 bits per heavy atom. The van der Waals surface area contributed by atoms with Crippen LogP contribution in [0.15, 0.2) is 24.8 Å². The largest absolute Gasteiger partial charge is 0.493 e. The number of carbonyl (C=O) groups excluding carboxylic acids is 1. The van der Waals surface area contributed by atoms with Crippen molar-refractivity contribution in [1.29, 1.82) is 0 Å². The number of likely N-dealkylation sites (N-methyl/N-ethyl adjacent to an activating group) is 1. The van der Waals surface area contributed by atoms with Gasteiger partial charge >= 0.3 is 0 Å². The molecule has 0 atom stereocenters. The van der Waals surface area contributed by atoms with Crippen LogP contribution in [0.5, 0.6) is 11.5 Å². The summed E-state index contributed by atoms with van der Waals surface area (Å²) in [5.41, 5.74) is 4.05. The summed E-state index contributed by atoms with van der Waals surface area (Å²) in [7, 11) is 5.20. The summed E-state index contributed by atoms with van der Waals surface area (Å²) in [6.07, 6.45) is 0. The molecule has 1 aliphatic rings. The lowest BCUT2D eigenvalue weighted by Gasteiger charge is -2.32. The summed E-state index contributed by atoms with van der Waals surface area (Å²) in [5, 5.41) is 0. The van der Waals surface area contributed by atoms with Crippen LogP contribution in [-0.2, 0) is 9.63 Å². The fraction of sp³-hybridized carbons (Fsp3) is 0.471. The van der Waals surface area contributed by atoms with E-state index in [2.05, 4.69) is 17.0 Å². The molecule has 1 aromatic rings. The first-order chi connectivity index (χ1) is 11.5. The SMILES string of the molecule is C=C(NOCC(=O)N1CCN(C)CC1)c1ccc(OC)c(OC)c1. The number of ether oxygens (including phenoxy) is 2. The van der Waals surface area contributed by atoms with Crippen molar-refractivity contribution in [2.45, 2.75) is 0 Å². The quantitative estimate of drug-likeness (QED) is 0.749. The lowest BCUT2D eigenvalue weighted by atomic mass is 10.1. The maximum Gasteiger partial charge on any atom is 0.251 e. The van der Waals surface area contributed by atoms with E-state index in [0.29, 0.717) is 17.2 Å². The van der Waals surface area contributed by atoms with E-state index in [4.69, 9.17) is 14.3 Å². The van der Waals surface area contributed by atoms with Gasteiger partial charge in [0.25, 0.3) is 5.91 Å². The molecule has 0 unspecified atom stereocenters. The maximum atomic E-state index is 12.1. The average Bonchev–Trinajstić information content (AvgIpc) is 2.61. The Morgan fingerprint density at radius 3 is 2.46 bits per heavy atom. The van der Waals surface area contributed by atoms with Gasteiger partial charge in [-0.3, -0.25) is 15.1 Å². The van der Waals surface area contributed by atoms with Gasteiger partial charge in [-0.15, -0.1) is 0 Å². The van der Waals surface area contributed by atoms with Crippen LogP contribution in [0, 0.1) is 0 Å². The van der Waals surface area contributed by atoms with Crippen LogP contribution in [0.1, 0.15) is 5.56 Å². The van der Waals surface area contributed by atoms with Crippen molar-refractivity contribution in [3.05, 3.63) is 30.3 Å². The van der Waals surface area contributed by atoms with Gasteiger partial charge in [0.15, 0.2) is 18.1 Å². The summed E-state index contributed by atoms with van der Waals surface area (Å²) in [6, 6.07) is 5.42. The van der Waals surface area contributed by atoms with Gasteiger partial charge in [0.05, 0.1) is 19.9 Å². The smallest absolute Gasteiger partial charge is 0.251 e. The number of hydrogen-bond donors (Lipinski definition) is 1. The molecule has 1 amide bonds. The molecule has 1 saturated heterocycles. The van der Waals surface area contributed by atoms with Crippen molar-refractivity contribution < 1.29 is 19.1 Å². The molecule has 0 bridgehead atoms. The zero-order chi connectivity index (χ0) is 17.5. The van der Waals surface area contributed by atoms with Gasteiger partial charge in [-0.2, -0.15) is 0 Å². The molecule has 0 saturated carbocycles. The second-order valence-corrected chi connectivity index (χ2v) is 5.62. The molecule has 1 fully saturated rings. The zero-order valence-electron chi connectivity index (χ0n) is 14.5. The van der Waals surface area contributed by atoms with Crippen molar-refractivity contribution in [1.82, 2.24) is 15.3 Å². The summed E-state index contributed by atoms with van der Waals surface area (Å²) in [4.78, 5) is 21.4. The standard InChI is InChI=1S/C17H25N3O4/c1-13(14-5-6-15(22-3)16(11-14)23-4)18-24-12-17(21)20-9-7-19(2)8-10-20/h5-6,11,18H,1,7-10,12H2,2-4H3. The normalized spacial score (nSPS) is 15.0. The Kier molecular flexibility index (Phi) is 6.45. The molecule has 24 heavy (non-hydrogen) atoms. The monoisotopic (exact) mass is 335 g/mol. The number of piperazine rings is 1. The van der Waals surface area contributed by atoms with Crippen molar-refractivity contribution >= 4 is 11.6 Å². The minimum Gasteiger partial charge on any atom is -0.493 e. The first kappa shape index (κ1) is 18.1. The lowest BCUT2D eigenvalue weighted by molar-refractivity contribution is -0.139. The Morgan fingerprint density at radius 2 is 1.83 bits per heavy atom. The molecule has 7 heteroatoms. The summed E-state index contributed by atoms with van der Waals surface area (Å²) >= 11 is 0. The maximum absolute atomic E-state index is 12.1. The number of carbonyl (C=O) groups is 1. The van der Waals surface area contributed by atoms with Crippen LogP contribution in [0.3, 0.4) is 0 Å². The number of amides is 1. The fourth-order valence-corrected chi connectivity index (χ4v) is 2.41. The highest BCUT2D eigenvalue weighted by Gasteiger charge is 2.19. The molecule has 132 valence electrons. The van der Waals surface area contributed by atoms with E-state index in [1.165, 1.54) is 0 Å². The first-order valence-corrected chi connectivity index (χ1v) is 7.80. The van der Waals surface area contributed by atoms with Gasteiger partial charge in [0.2, 0.25) is 0 Å². The molecule has 1 heterocycles. The van der Waals surface area contributed by atoms with Crippen molar-refractivity contribution in [3.8, 4) is 11.5 Å². The third-order valence-electron chi connectivity index (χ3n) is 3.98. The average molecular weight is 335 g/mol. The fourth-order valence-electron chi connectivity index (χ4n) is 2.41. The Hall–Kier alpha value is -2.25. The molecule has 0 aromatic heterocycles. The van der Waals surface area contributed by atoms with Gasteiger partial charge in [-0.05, 0) is 25.2 Å². The minimum absolute atomic E-state index is 0.0317. The molecule has 2 rings (SSSR count). The van der Waals surface area contributed by atoms with E-state index < -0.39 is 0 Å². The molecule has 0 radical (unpaired) electrons. The Balaban J connectivity index is 1.81. The van der Waals surface area contributed by atoms with Crippen LogP contribution in [0.4, 0.5) is 0 Å². The van der Waals surface area contributed by atoms with Crippen molar-refractivity contribution in [2.75, 3.05) is 54.1 Å². The number of methoxy groups -OCH3 is 2. The van der Waals surface area contributed by atoms with Crippen LogP contribution in [0.25, 0.3) is 5.70 Å². The van der Waals surface area contributed by atoms with E-state index >= 15 is 0 Å². The molecule has 0 aliphatic carbocycles. The molecule has 1 aliphatic heterocycles. The topological polar surface area (TPSA) is 63.3 Å². The Labute approximate surface area is 142 Å². The van der Waals surface area contributed by atoms with E-state index in [1.54, 1.807) is 31.3 Å². The van der Waals surface area contributed by atoms with Gasteiger partial charge in [0.1, 0.15) is 0 Å². The number of rotatable bonds is 7. The van der Waals surface area contributed by atoms with Crippen LogP contribution in [0.2, 0.25) is 0 Å². The minimum atomic E-state index is -0.0317. The van der Waals surface area contributed by atoms with E-state index in [1.807, 2.05) is 13.1 Å². The zero-order valence-corrected chi connectivity index (χ0v) is 14.5. The molecular formula is C17H25N3O4. The number of nitrogens with zero attached hydrogens (tertiary/aromatic N) is 2. The van der Waals surface area contributed by atoms with Crippen LogP contribution in [-0.4, -0.2) is 69.8 Å². The highest BCUT2D eigenvalue weighted by molar-refractivity contribution is 5.77. The number of hydroxylamine groups is 1. The van der Waals surface area contributed by atoms with Crippen molar-refractivity contribution in [2.24, 2.45) is 0 Å².